The Morgan fingerprint density at radius 2 is 2.17 bits per heavy atom. The molecule has 1 aliphatic carbocycles. The lowest BCUT2D eigenvalue weighted by atomic mass is 9.70. The predicted molar refractivity (Wildman–Crippen MR) is 92.0 cm³/mol. The molecule has 0 saturated heterocycles. The number of nitrogens with two attached hydrogens (primary N) is 1. The van der Waals surface area contributed by atoms with Crippen molar-refractivity contribution < 1.29 is 9.52 Å². The van der Waals surface area contributed by atoms with Crippen LogP contribution >= 0.6 is 0 Å². The van der Waals surface area contributed by atoms with Crippen LogP contribution in [0, 0.1) is 22.7 Å². The van der Waals surface area contributed by atoms with Gasteiger partial charge in [0.1, 0.15) is 35.6 Å². The lowest BCUT2D eigenvalue weighted by Crippen LogP contribution is -2.28. The molecule has 1 aliphatic rings. The van der Waals surface area contributed by atoms with Crippen molar-refractivity contribution in [3.8, 4) is 17.4 Å². The van der Waals surface area contributed by atoms with Gasteiger partial charge < -0.3 is 15.3 Å². The Hall–Kier alpha value is -2.32. The average Bonchev–Trinajstić information content (AvgIpc) is 3.00. The van der Waals surface area contributed by atoms with E-state index < -0.39 is 0 Å². The van der Waals surface area contributed by atoms with E-state index in [-0.39, 0.29) is 17.8 Å². The first-order valence-corrected chi connectivity index (χ1v) is 8.26. The van der Waals surface area contributed by atoms with Gasteiger partial charge in [0.25, 0.3) is 0 Å². The average molecular weight is 325 g/mol. The Morgan fingerprint density at radius 1 is 1.42 bits per heavy atom. The van der Waals surface area contributed by atoms with Crippen LogP contribution in [0.1, 0.15) is 49.8 Å². The van der Waals surface area contributed by atoms with E-state index in [9.17, 15) is 10.4 Å². The molecule has 1 atom stereocenters. The fraction of sp³-hybridized carbons (Fsp3) is 0.474. The Bertz CT molecular complexity index is 809. The van der Waals surface area contributed by atoms with Gasteiger partial charge in [-0.05, 0) is 48.3 Å². The minimum Gasteiger partial charge on any atom is -0.459 e. The van der Waals surface area contributed by atoms with Gasteiger partial charge in [0, 0.05) is 11.3 Å². The highest BCUT2D eigenvalue weighted by molar-refractivity contribution is 5.76. The van der Waals surface area contributed by atoms with Crippen molar-refractivity contribution in [1.82, 2.24) is 4.98 Å². The van der Waals surface area contributed by atoms with Gasteiger partial charge in [0.2, 0.25) is 0 Å². The Labute approximate surface area is 142 Å². The quantitative estimate of drug-likeness (QED) is 0.881. The van der Waals surface area contributed by atoms with Crippen LogP contribution in [0.25, 0.3) is 11.3 Å². The molecule has 0 bridgehead atoms. The maximum absolute atomic E-state index is 9.59. The van der Waals surface area contributed by atoms with E-state index in [1.807, 2.05) is 0 Å². The maximum atomic E-state index is 9.59. The van der Waals surface area contributed by atoms with Crippen molar-refractivity contribution in [2.75, 3.05) is 5.73 Å². The third-order valence-corrected chi connectivity index (χ3v) is 4.99. The molecule has 0 radical (unpaired) electrons. The Kier molecular flexibility index (Phi) is 4.10. The molecule has 0 aliphatic heterocycles. The van der Waals surface area contributed by atoms with E-state index in [1.54, 1.807) is 12.1 Å². The van der Waals surface area contributed by atoms with Gasteiger partial charge in [-0.15, -0.1) is 0 Å². The number of anilines is 1. The van der Waals surface area contributed by atoms with Gasteiger partial charge in [0.05, 0.1) is 0 Å². The van der Waals surface area contributed by atoms with Gasteiger partial charge in [0.15, 0.2) is 0 Å². The minimum absolute atomic E-state index is 0.171. The summed E-state index contributed by atoms with van der Waals surface area (Å²) in [6.45, 7) is 6.56. The zero-order valence-electron chi connectivity index (χ0n) is 14.4. The molecule has 5 heteroatoms. The first-order valence-electron chi connectivity index (χ1n) is 8.26. The smallest absolute Gasteiger partial charge is 0.142 e. The van der Waals surface area contributed by atoms with Crippen LogP contribution < -0.4 is 5.73 Å². The summed E-state index contributed by atoms with van der Waals surface area (Å²) in [5.74, 6) is 1.81. The van der Waals surface area contributed by atoms with Crippen molar-refractivity contribution in [2.45, 2.75) is 46.6 Å². The Balaban J connectivity index is 2.19. The first kappa shape index (κ1) is 16.5. The Morgan fingerprint density at radius 3 is 2.75 bits per heavy atom. The van der Waals surface area contributed by atoms with Gasteiger partial charge in [-0.3, -0.25) is 0 Å². The zero-order valence-corrected chi connectivity index (χ0v) is 14.4. The zero-order chi connectivity index (χ0) is 17.5. The minimum atomic E-state index is -0.171. The van der Waals surface area contributed by atoms with Crippen LogP contribution in [0.5, 0.6) is 0 Å². The summed E-state index contributed by atoms with van der Waals surface area (Å²) in [6, 6.07) is 5.70. The molecule has 0 unspecified atom stereocenters. The molecule has 0 saturated carbocycles. The highest BCUT2D eigenvalue weighted by Crippen LogP contribution is 2.42. The second-order valence-electron chi connectivity index (χ2n) is 7.51. The monoisotopic (exact) mass is 325 g/mol. The molecule has 0 spiro atoms. The van der Waals surface area contributed by atoms with E-state index in [0.717, 1.165) is 36.1 Å². The summed E-state index contributed by atoms with van der Waals surface area (Å²) in [6.07, 6.45) is 2.77. The summed E-state index contributed by atoms with van der Waals surface area (Å²) in [5.41, 5.74) is 9.34. The van der Waals surface area contributed by atoms with E-state index >= 15 is 0 Å². The number of nitrogen functional groups attached to an aromatic ring is 1. The number of furan rings is 1. The molecule has 0 aromatic carbocycles. The number of nitriles is 1. The van der Waals surface area contributed by atoms with Crippen LogP contribution in [0.2, 0.25) is 0 Å². The second-order valence-corrected chi connectivity index (χ2v) is 7.51. The van der Waals surface area contributed by atoms with Gasteiger partial charge >= 0.3 is 0 Å². The number of aliphatic hydroxyl groups is 1. The molecule has 0 fully saturated rings. The summed E-state index contributed by atoms with van der Waals surface area (Å²) < 4.78 is 5.72. The lowest BCUT2D eigenvalue weighted by Gasteiger charge is -2.35. The fourth-order valence-electron chi connectivity index (χ4n) is 3.50. The van der Waals surface area contributed by atoms with Gasteiger partial charge in [-0.25, -0.2) is 4.98 Å². The van der Waals surface area contributed by atoms with Crippen molar-refractivity contribution in [2.24, 2.45) is 11.3 Å². The topological polar surface area (TPSA) is 96.1 Å². The molecule has 3 N–H and O–H groups in total. The van der Waals surface area contributed by atoms with Crippen LogP contribution in [-0.4, -0.2) is 10.1 Å². The highest BCUT2D eigenvalue weighted by atomic mass is 16.4. The number of pyridine rings is 1. The molecule has 2 aromatic rings. The van der Waals surface area contributed by atoms with E-state index in [1.165, 1.54) is 0 Å². The van der Waals surface area contributed by atoms with E-state index in [4.69, 9.17) is 10.2 Å². The van der Waals surface area contributed by atoms with Crippen LogP contribution in [-0.2, 0) is 19.4 Å². The first-order chi connectivity index (χ1) is 11.3. The second kappa shape index (κ2) is 5.95. The number of rotatable bonds is 2. The van der Waals surface area contributed by atoms with Crippen molar-refractivity contribution >= 4 is 5.82 Å². The summed E-state index contributed by atoms with van der Waals surface area (Å²) in [4.78, 5) is 4.48. The number of fused-ring (bicyclic) bond motifs is 1. The lowest BCUT2D eigenvalue weighted by molar-refractivity contribution is 0.215. The molecule has 24 heavy (non-hydrogen) atoms. The maximum Gasteiger partial charge on any atom is 0.142 e. The predicted octanol–water partition coefficient (Wildman–Crippen LogP) is 3.44. The molecule has 126 valence electrons. The number of aliphatic hydroxyl groups excluding tert-OH is 1. The van der Waals surface area contributed by atoms with Crippen molar-refractivity contribution in [1.29, 1.82) is 5.26 Å². The number of hydrogen-bond acceptors (Lipinski definition) is 5. The number of aryl methyl sites for hydroxylation is 1. The van der Waals surface area contributed by atoms with Gasteiger partial charge in [-0.1, -0.05) is 20.8 Å². The molecule has 3 rings (SSSR count). The van der Waals surface area contributed by atoms with Crippen LogP contribution in [0.4, 0.5) is 5.82 Å². The van der Waals surface area contributed by atoms with Gasteiger partial charge in [-0.2, -0.15) is 5.26 Å². The van der Waals surface area contributed by atoms with Crippen molar-refractivity contribution in [3.05, 3.63) is 34.7 Å². The highest BCUT2D eigenvalue weighted by Gasteiger charge is 2.33. The third kappa shape index (κ3) is 2.78. The standard InChI is InChI=1S/C19H23N3O2/c1-19(2,3)11-4-6-15-13(8-11)17(14(9-20)18(21)22-15)16-7-5-12(10-23)24-16/h5,7,11,23H,4,6,8,10H2,1-3H3,(H2,21,22)/t11-/m0/s1. The number of nitrogens with zero attached hydrogens (tertiary/aromatic N) is 2. The molecule has 5 nitrogen and oxygen atoms in total. The molecular formula is C19H23N3O2. The largest absolute Gasteiger partial charge is 0.459 e. The summed E-state index contributed by atoms with van der Waals surface area (Å²) >= 11 is 0. The van der Waals surface area contributed by atoms with Crippen LogP contribution in [0.15, 0.2) is 16.5 Å². The molecular weight excluding hydrogens is 302 g/mol. The third-order valence-electron chi connectivity index (χ3n) is 4.99. The summed E-state index contributed by atoms with van der Waals surface area (Å²) in [7, 11) is 0. The van der Waals surface area contributed by atoms with E-state index in [2.05, 4.69) is 31.8 Å². The normalized spacial score (nSPS) is 17.4. The van der Waals surface area contributed by atoms with E-state index in [0.29, 0.717) is 23.0 Å². The SMILES string of the molecule is CC(C)(C)[C@H]1CCc2nc(N)c(C#N)c(-c3ccc(CO)o3)c2C1. The molecule has 0 amide bonds. The fourth-order valence-corrected chi connectivity index (χ4v) is 3.50. The molecule has 2 heterocycles. The summed E-state index contributed by atoms with van der Waals surface area (Å²) in [5, 5.41) is 18.9. The number of hydrogen-bond donors (Lipinski definition) is 2. The van der Waals surface area contributed by atoms with Crippen molar-refractivity contribution in [3.63, 3.8) is 0 Å². The molecule has 2 aromatic heterocycles. The van der Waals surface area contributed by atoms with Crippen LogP contribution in [0.3, 0.4) is 0 Å². The number of aromatic nitrogens is 1.